The van der Waals surface area contributed by atoms with Crippen LogP contribution in [-0.2, 0) is 9.59 Å². The average Bonchev–Trinajstić information content (AvgIpc) is 2.75. The minimum Gasteiger partial charge on any atom is -0.497 e. The number of halogens is 1. The fourth-order valence-electron chi connectivity index (χ4n) is 2.85. The summed E-state index contributed by atoms with van der Waals surface area (Å²) in [6.45, 7) is 2.85. The molecule has 0 saturated heterocycles. The monoisotopic (exact) mass is 440 g/mol. The van der Waals surface area contributed by atoms with E-state index in [1.165, 1.54) is 13.0 Å². The Morgan fingerprint density at radius 2 is 1.71 bits per heavy atom. The van der Waals surface area contributed by atoms with Crippen molar-refractivity contribution in [2.45, 2.75) is 19.9 Å². The maximum atomic E-state index is 12.9. The molecule has 1 aromatic heterocycles. The molecule has 0 fully saturated rings. The summed E-state index contributed by atoms with van der Waals surface area (Å²) in [5.74, 6) is -0.200. The molecule has 0 aliphatic rings. The van der Waals surface area contributed by atoms with E-state index in [-0.39, 0.29) is 5.69 Å². The largest absolute Gasteiger partial charge is 0.497 e. The topological polar surface area (TPSA) is 102 Å². The van der Waals surface area contributed by atoms with Gasteiger partial charge in [0.1, 0.15) is 17.5 Å². The molecular formula is C22H21ClN4O4. The third-order valence-electron chi connectivity index (χ3n) is 4.49. The van der Waals surface area contributed by atoms with Gasteiger partial charge in [-0.1, -0.05) is 23.7 Å². The number of aromatic nitrogens is 2. The quantitative estimate of drug-likeness (QED) is 0.608. The number of carbonyl (C=O) groups excluding carboxylic acids is 2. The van der Waals surface area contributed by atoms with Gasteiger partial charge in [-0.3, -0.25) is 14.4 Å². The highest BCUT2D eigenvalue weighted by molar-refractivity contribution is 6.30. The first-order chi connectivity index (χ1) is 14.8. The highest BCUT2D eigenvalue weighted by atomic mass is 35.5. The van der Waals surface area contributed by atoms with Gasteiger partial charge < -0.3 is 15.4 Å². The van der Waals surface area contributed by atoms with Crippen molar-refractivity contribution in [2.24, 2.45) is 0 Å². The predicted octanol–water partition coefficient (Wildman–Crippen LogP) is 3.73. The zero-order valence-electron chi connectivity index (χ0n) is 17.2. The van der Waals surface area contributed by atoms with Gasteiger partial charge in [0.25, 0.3) is 5.56 Å². The van der Waals surface area contributed by atoms with Gasteiger partial charge in [0.2, 0.25) is 11.8 Å². The van der Waals surface area contributed by atoms with Crippen molar-refractivity contribution < 1.29 is 14.3 Å². The van der Waals surface area contributed by atoms with Crippen LogP contribution in [-0.4, -0.2) is 28.7 Å². The number of carbonyl (C=O) groups is 2. The molecule has 2 aromatic carbocycles. The summed E-state index contributed by atoms with van der Waals surface area (Å²) >= 11 is 5.95. The summed E-state index contributed by atoms with van der Waals surface area (Å²) in [5, 5.41) is 10.2. The summed E-state index contributed by atoms with van der Waals surface area (Å²) in [6.07, 6.45) is 0. The van der Waals surface area contributed by atoms with Gasteiger partial charge in [-0.05, 0) is 49.4 Å². The predicted molar refractivity (Wildman–Crippen MR) is 120 cm³/mol. The Kier molecular flexibility index (Phi) is 6.71. The van der Waals surface area contributed by atoms with Crippen molar-refractivity contribution in [3.63, 3.8) is 0 Å². The van der Waals surface area contributed by atoms with E-state index >= 15 is 0 Å². The van der Waals surface area contributed by atoms with E-state index in [0.717, 1.165) is 4.68 Å². The molecule has 0 aliphatic heterocycles. The number of nitrogens with one attached hydrogen (secondary N) is 2. The molecular weight excluding hydrogens is 420 g/mol. The van der Waals surface area contributed by atoms with Gasteiger partial charge in [-0.15, -0.1) is 0 Å². The number of anilines is 2. The molecule has 160 valence electrons. The van der Waals surface area contributed by atoms with Crippen LogP contribution >= 0.6 is 11.6 Å². The zero-order valence-corrected chi connectivity index (χ0v) is 17.9. The third-order valence-corrected chi connectivity index (χ3v) is 4.74. The number of benzene rings is 2. The summed E-state index contributed by atoms with van der Waals surface area (Å²) < 4.78 is 6.15. The maximum absolute atomic E-state index is 12.9. The summed E-state index contributed by atoms with van der Waals surface area (Å²) in [7, 11) is 1.55. The highest BCUT2D eigenvalue weighted by Gasteiger charge is 2.21. The molecule has 2 N–H and O–H groups in total. The molecule has 0 bridgehead atoms. The van der Waals surface area contributed by atoms with Gasteiger partial charge in [-0.25, -0.2) is 4.68 Å². The Morgan fingerprint density at radius 3 is 2.29 bits per heavy atom. The SMILES string of the molecule is COc1ccc(NC(=O)[C@@H](C)n2nc(-c3ccc(Cl)cc3)cc(NC(C)=O)c2=O)cc1. The van der Waals surface area contributed by atoms with E-state index in [9.17, 15) is 14.4 Å². The number of ether oxygens (including phenoxy) is 1. The van der Waals surface area contributed by atoms with Crippen LogP contribution in [0.1, 0.15) is 19.9 Å². The Labute approximate surface area is 183 Å². The third kappa shape index (κ3) is 5.29. The fourth-order valence-corrected chi connectivity index (χ4v) is 2.97. The van der Waals surface area contributed by atoms with Crippen LogP contribution in [0, 0.1) is 0 Å². The van der Waals surface area contributed by atoms with Gasteiger partial charge in [0.15, 0.2) is 0 Å². The van der Waals surface area contributed by atoms with Crippen LogP contribution in [0.15, 0.2) is 59.4 Å². The molecule has 0 saturated carbocycles. The van der Waals surface area contributed by atoms with Crippen LogP contribution < -0.4 is 20.9 Å². The second kappa shape index (κ2) is 9.44. The number of nitrogens with zero attached hydrogens (tertiary/aromatic N) is 2. The second-order valence-electron chi connectivity index (χ2n) is 6.77. The van der Waals surface area contributed by atoms with Crippen molar-refractivity contribution in [2.75, 3.05) is 17.7 Å². The Hall–Kier alpha value is -3.65. The van der Waals surface area contributed by atoms with Crippen LogP contribution in [0.2, 0.25) is 5.02 Å². The van der Waals surface area contributed by atoms with Crippen LogP contribution in [0.5, 0.6) is 5.75 Å². The first kappa shape index (κ1) is 22.0. The number of hydrogen-bond acceptors (Lipinski definition) is 5. The van der Waals surface area contributed by atoms with Gasteiger partial charge in [-0.2, -0.15) is 5.10 Å². The van der Waals surface area contributed by atoms with Gasteiger partial charge in [0.05, 0.1) is 12.8 Å². The average molecular weight is 441 g/mol. The molecule has 9 heteroatoms. The molecule has 0 unspecified atom stereocenters. The molecule has 2 amide bonds. The molecule has 0 radical (unpaired) electrons. The normalized spacial score (nSPS) is 11.5. The molecule has 1 atom stereocenters. The number of methoxy groups -OCH3 is 1. The molecule has 31 heavy (non-hydrogen) atoms. The second-order valence-corrected chi connectivity index (χ2v) is 7.21. The maximum Gasteiger partial charge on any atom is 0.291 e. The Bertz CT molecular complexity index is 1160. The fraction of sp³-hybridized carbons (Fsp3) is 0.182. The van der Waals surface area contributed by atoms with E-state index in [0.29, 0.717) is 27.7 Å². The van der Waals surface area contributed by atoms with Crippen molar-refractivity contribution in [3.8, 4) is 17.0 Å². The Balaban J connectivity index is 1.97. The lowest BCUT2D eigenvalue weighted by Crippen LogP contribution is -2.35. The van der Waals surface area contributed by atoms with Crippen molar-refractivity contribution in [1.29, 1.82) is 0 Å². The minimum absolute atomic E-state index is 0.0246. The van der Waals surface area contributed by atoms with E-state index in [1.54, 1.807) is 62.6 Å². The highest BCUT2D eigenvalue weighted by Crippen LogP contribution is 2.22. The Morgan fingerprint density at radius 1 is 1.06 bits per heavy atom. The smallest absolute Gasteiger partial charge is 0.291 e. The van der Waals surface area contributed by atoms with Crippen molar-refractivity contribution in [3.05, 3.63) is 70.0 Å². The first-order valence-corrected chi connectivity index (χ1v) is 9.78. The van der Waals surface area contributed by atoms with Gasteiger partial charge >= 0.3 is 0 Å². The lowest BCUT2D eigenvalue weighted by Gasteiger charge is -2.17. The van der Waals surface area contributed by atoms with E-state index in [4.69, 9.17) is 16.3 Å². The number of rotatable bonds is 6. The lowest BCUT2D eigenvalue weighted by atomic mass is 10.1. The molecule has 3 aromatic rings. The van der Waals surface area contributed by atoms with Crippen molar-refractivity contribution in [1.82, 2.24) is 9.78 Å². The van der Waals surface area contributed by atoms with Crippen LogP contribution in [0.25, 0.3) is 11.3 Å². The number of hydrogen-bond donors (Lipinski definition) is 2. The standard InChI is InChI=1S/C22H21ClN4O4/c1-13(21(29)25-17-8-10-18(31-3)11-9-17)27-22(30)20(24-14(2)28)12-19(26-27)15-4-6-16(23)7-5-15/h4-13H,1-3H3,(H,24,28)(H,25,29)/t13-/m1/s1. The van der Waals surface area contributed by atoms with E-state index < -0.39 is 23.4 Å². The summed E-state index contributed by atoms with van der Waals surface area (Å²) in [5.41, 5.74) is 1.06. The molecule has 1 heterocycles. The lowest BCUT2D eigenvalue weighted by molar-refractivity contribution is -0.119. The molecule has 0 spiro atoms. The molecule has 0 aliphatic carbocycles. The van der Waals surface area contributed by atoms with E-state index in [2.05, 4.69) is 15.7 Å². The molecule has 8 nitrogen and oxygen atoms in total. The summed E-state index contributed by atoms with van der Waals surface area (Å²) in [6, 6.07) is 14.2. The van der Waals surface area contributed by atoms with Gasteiger partial charge in [0, 0.05) is 23.2 Å². The zero-order chi connectivity index (χ0) is 22.5. The van der Waals surface area contributed by atoms with Crippen LogP contribution in [0.4, 0.5) is 11.4 Å². The van der Waals surface area contributed by atoms with Crippen LogP contribution in [0.3, 0.4) is 0 Å². The minimum atomic E-state index is -0.950. The van der Waals surface area contributed by atoms with Crippen molar-refractivity contribution >= 4 is 34.8 Å². The molecule has 3 rings (SSSR count). The first-order valence-electron chi connectivity index (χ1n) is 9.41. The van der Waals surface area contributed by atoms with E-state index in [1.807, 2.05) is 0 Å². The summed E-state index contributed by atoms with van der Waals surface area (Å²) in [4.78, 5) is 37.3. The number of amides is 2.